The lowest BCUT2D eigenvalue weighted by atomic mass is 10.2. The van der Waals surface area contributed by atoms with Crippen LogP contribution in [0.2, 0.25) is 5.02 Å². The lowest BCUT2D eigenvalue weighted by Gasteiger charge is -2.01. The summed E-state index contributed by atoms with van der Waals surface area (Å²) < 4.78 is 0.847. The summed E-state index contributed by atoms with van der Waals surface area (Å²) in [6, 6.07) is 6.98. The van der Waals surface area contributed by atoms with Gasteiger partial charge in [0.1, 0.15) is 4.88 Å². The molecule has 1 aromatic carbocycles. The third-order valence-corrected chi connectivity index (χ3v) is 4.25. The van der Waals surface area contributed by atoms with Crippen molar-refractivity contribution in [1.29, 1.82) is 0 Å². The number of nitrogen functional groups attached to an aromatic ring is 1. The minimum Gasteiger partial charge on any atom is -0.477 e. The number of halogens is 2. The summed E-state index contributed by atoms with van der Waals surface area (Å²) in [4.78, 5) is 11.8. The van der Waals surface area contributed by atoms with Crippen molar-refractivity contribution in [3.8, 4) is 10.4 Å². The lowest BCUT2D eigenvalue weighted by Crippen LogP contribution is -1.96. The highest BCUT2D eigenvalue weighted by Gasteiger charge is 2.15. The standard InChI is InChI=1S/C11H7BrClNO2S/c12-7-2-1-5(13)3-6(7)9-4-8(14)10(17-9)11(15)16/h1-4H,14H2,(H,15,16). The smallest absolute Gasteiger partial charge is 0.348 e. The number of hydrogen-bond acceptors (Lipinski definition) is 3. The molecule has 0 saturated heterocycles. The van der Waals surface area contributed by atoms with Crippen molar-refractivity contribution in [2.45, 2.75) is 0 Å². The van der Waals surface area contributed by atoms with Crippen molar-refractivity contribution in [2.24, 2.45) is 0 Å². The normalized spacial score (nSPS) is 10.5. The van der Waals surface area contributed by atoms with Gasteiger partial charge in [0, 0.05) is 19.9 Å². The predicted molar refractivity (Wildman–Crippen MR) is 73.8 cm³/mol. The number of carbonyl (C=O) groups is 1. The predicted octanol–water partition coefficient (Wildman–Crippen LogP) is 4.11. The van der Waals surface area contributed by atoms with Gasteiger partial charge in [0.05, 0.1) is 5.69 Å². The fourth-order valence-electron chi connectivity index (χ4n) is 1.39. The van der Waals surface area contributed by atoms with Gasteiger partial charge in [-0.25, -0.2) is 4.79 Å². The van der Waals surface area contributed by atoms with Gasteiger partial charge in [-0.2, -0.15) is 0 Å². The Morgan fingerprint density at radius 3 is 2.71 bits per heavy atom. The van der Waals surface area contributed by atoms with Crippen molar-refractivity contribution < 1.29 is 9.90 Å². The third-order valence-electron chi connectivity index (χ3n) is 2.15. The van der Waals surface area contributed by atoms with E-state index in [1.165, 1.54) is 0 Å². The SMILES string of the molecule is Nc1cc(-c2cc(Cl)ccc2Br)sc1C(=O)O. The van der Waals surface area contributed by atoms with E-state index in [4.69, 9.17) is 22.4 Å². The Morgan fingerprint density at radius 2 is 2.12 bits per heavy atom. The van der Waals surface area contributed by atoms with E-state index in [9.17, 15) is 4.79 Å². The molecule has 0 bridgehead atoms. The van der Waals surface area contributed by atoms with Gasteiger partial charge in [-0.1, -0.05) is 27.5 Å². The van der Waals surface area contributed by atoms with Gasteiger partial charge < -0.3 is 10.8 Å². The van der Waals surface area contributed by atoms with E-state index in [1.807, 2.05) is 6.07 Å². The van der Waals surface area contributed by atoms with Crippen molar-refractivity contribution in [2.75, 3.05) is 5.73 Å². The number of aromatic carboxylic acids is 1. The average molecular weight is 333 g/mol. The number of hydrogen-bond donors (Lipinski definition) is 2. The molecule has 0 aliphatic heterocycles. The highest BCUT2D eigenvalue weighted by atomic mass is 79.9. The summed E-state index contributed by atoms with van der Waals surface area (Å²) in [6.45, 7) is 0. The van der Waals surface area contributed by atoms with Crippen molar-refractivity contribution in [1.82, 2.24) is 0 Å². The Morgan fingerprint density at radius 1 is 1.41 bits per heavy atom. The fraction of sp³-hybridized carbons (Fsp3) is 0. The van der Waals surface area contributed by atoms with Gasteiger partial charge in [0.25, 0.3) is 0 Å². The molecule has 3 nitrogen and oxygen atoms in total. The highest BCUT2D eigenvalue weighted by Crippen LogP contribution is 2.38. The van der Waals surface area contributed by atoms with Crippen LogP contribution in [-0.4, -0.2) is 11.1 Å². The molecular weight excluding hydrogens is 326 g/mol. The number of carboxylic acid groups (broad SMARTS) is 1. The molecule has 0 atom stereocenters. The van der Waals surface area contributed by atoms with Crippen molar-refractivity contribution >= 4 is 50.5 Å². The van der Waals surface area contributed by atoms with Crippen LogP contribution in [0.1, 0.15) is 9.67 Å². The Bertz CT molecular complexity index is 597. The molecule has 2 rings (SSSR count). The molecule has 0 unspecified atom stereocenters. The Balaban J connectivity index is 2.57. The van der Waals surface area contributed by atoms with Gasteiger partial charge in [0.2, 0.25) is 0 Å². The van der Waals surface area contributed by atoms with E-state index >= 15 is 0 Å². The van der Waals surface area contributed by atoms with Gasteiger partial charge >= 0.3 is 5.97 Å². The molecule has 3 N–H and O–H groups in total. The quantitative estimate of drug-likeness (QED) is 0.870. The zero-order valence-corrected chi connectivity index (χ0v) is 11.6. The monoisotopic (exact) mass is 331 g/mol. The van der Waals surface area contributed by atoms with E-state index in [0.29, 0.717) is 5.02 Å². The largest absolute Gasteiger partial charge is 0.477 e. The summed E-state index contributed by atoms with van der Waals surface area (Å²) in [6.07, 6.45) is 0. The molecule has 88 valence electrons. The molecule has 17 heavy (non-hydrogen) atoms. The first kappa shape index (κ1) is 12.4. The fourth-order valence-corrected chi connectivity index (χ4v) is 3.10. The molecule has 1 aromatic heterocycles. The average Bonchev–Trinajstić information content (AvgIpc) is 2.64. The molecule has 0 aliphatic carbocycles. The molecule has 6 heteroatoms. The minimum absolute atomic E-state index is 0.145. The van der Waals surface area contributed by atoms with Gasteiger partial charge in [-0.15, -0.1) is 11.3 Å². The highest BCUT2D eigenvalue weighted by molar-refractivity contribution is 9.10. The Hall–Kier alpha value is -1.04. The maximum atomic E-state index is 10.9. The van der Waals surface area contributed by atoms with Crippen LogP contribution in [0.25, 0.3) is 10.4 Å². The first-order valence-corrected chi connectivity index (χ1v) is 6.56. The second kappa shape index (κ2) is 4.68. The number of anilines is 1. The first-order chi connectivity index (χ1) is 7.99. The second-order valence-corrected chi connectivity index (χ2v) is 5.67. The molecule has 0 amide bonds. The zero-order valence-electron chi connectivity index (χ0n) is 8.41. The number of rotatable bonds is 2. The first-order valence-electron chi connectivity index (χ1n) is 4.57. The molecule has 0 aliphatic rings. The third kappa shape index (κ3) is 2.46. The minimum atomic E-state index is -1.02. The zero-order chi connectivity index (χ0) is 12.6. The molecule has 0 fully saturated rings. The number of nitrogens with two attached hydrogens (primary N) is 1. The number of benzene rings is 1. The molecule has 0 spiro atoms. The van der Waals surface area contributed by atoms with Crippen molar-refractivity contribution in [3.63, 3.8) is 0 Å². The maximum absolute atomic E-state index is 10.9. The van der Waals surface area contributed by atoms with E-state index in [2.05, 4.69) is 15.9 Å². The number of carboxylic acids is 1. The molecule has 1 heterocycles. The molecule has 0 radical (unpaired) electrons. The van der Waals surface area contributed by atoms with Crippen LogP contribution in [0.5, 0.6) is 0 Å². The van der Waals surface area contributed by atoms with Gasteiger partial charge in [-0.05, 0) is 24.3 Å². The second-order valence-electron chi connectivity index (χ2n) is 3.32. The molecule has 2 aromatic rings. The number of thiophene rings is 1. The van der Waals surface area contributed by atoms with Crippen LogP contribution in [-0.2, 0) is 0 Å². The molecule has 0 saturated carbocycles. The van der Waals surface area contributed by atoms with Crippen LogP contribution in [0, 0.1) is 0 Å². The van der Waals surface area contributed by atoms with Crippen LogP contribution in [0.3, 0.4) is 0 Å². The lowest BCUT2D eigenvalue weighted by molar-refractivity contribution is 0.0703. The summed E-state index contributed by atoms with van der Waals surface area (Å²) in [5.74, 6) is -1.02. The summed E-state index contributed by atoms with van der Waals surface area (Å²) in [5, 5.41) is 9.53. The van der Waals surface area contributed by atoms with Gasteiger partial charge in [0.15, 0.2) is 0 Å². The van der Waals surface area contributed by atoms with E-state index in [0.717, 1.165) is 26.3 Å². The topological polar surface area (TPSA) is 63.3 Å². The van der Waals surface area contributed by atoms with Gasteiger partial charge in [-0.3, -0.25) is 0 Å². The van der Waals surface area contributed by atoms with Crippen LogP contribution in [0.4, 0.5) is 5.69 Å². The summed E-state index contributed by atoms with van der Waals surface area (Å²) in [5.41, 5.74) is 6.75. The van der Waals surface area contributed by atoms with Crippen LogP contribution in [0.15, 0.2) is 28.7 Å². The maximum Gasteiger partial charge on any atom is 0.348 e. The van der Waals surface area contributed by atoms with Crippen LogP contribution < -0.4 is 5.73 Å². The van der Waals surface area contributed by atoms with Crippen molar-refractivity contribution in [3.05, 3.63) is 38.6 Å². The Kier molecular flexibility index (Phi) is 3.42. The Labute approximate surface area is 115 Å². The van der Waals surface area contributed by atoms with Crippen LogP contribution >= 0.6 is 38.9 Å². The summed E-state index contributed by atoms with van der Waals surface area (Å²) >= 11 is 10.4. The van der Waals surface area contributed by atoms with E-state index < -0.39 is 5.97 Å². The van der Waals surface area contributed by atoms with E-state index in [1.54, 1.807) is 18.2 Å². The molecular formula is C11H7BrClNO2S. The van der Waals surface area contributed by atoms with E-state index in [-0.39, 0.29) is 10.6 Å². The summed E-state index contributed by atoms with van der Waals surface area (Å²) in [7, 11) is 0.